The van der Waals surface area contributed by atoms with Gasteiger partial charge >= 0.3 is 0 Å². The molecule has 0 unspecified atom stereocenters. The van der Waals surface area contributed by atoms with Crippen LogP contribution < -0.4 is 4.90 Å². The topological polar surface area (TPSA) is 49.3 Å². The lowest BCUT2D eigenvalue weighted by molar-refractivity contribution is -0.124. The van der Waals surface area contributed by atoms with Crippen molar-refractivity contribution >= 4 is 22.5 Å². The number of rotatable bonds is 2. The minimum atomic E-state index is -0.494. The third-order valence-corrected chi connectivity index (χ3v) is 6.62. The molecule has 1 amide bonds. The number of benzene rings is 1. The van der Waals surface area contributed by atoms with Gasteiger partial charge in [-0.15, -0.1) is 0 Å². The molecule has 29 heavy (non-hydrogen) atoms. The van der Waals surface area contributed by atoms with Gasteiger partial charge in [0.25, 0.3) is 0 Å². The SMILES string of the molecule is CCN1CCC2(CC1)C(=O)N(C)c1cnc3ccc(-c4ccc(F)nc4)cc3c12. The first-order chi connectivity index (χ1) is 14.0. The number of likely N-dealkylation sites (N-methyl/N-ethyl adjacent to an activating group) is 1. The fourth-order valence-electron chi connectivity index (χ4n) is 4.92. The van der Waals surface area contributed by atoms with Crippen LogP contribution in [0.25, 0.3) is 22.0 Å². The highest BCUT2D eigenvalue weighted by Gasteiger charge is 2.51. The maximum Gasteiger partial charge on any atom is 0.237 e. The summed E-state index contributed by atoms with van der Waals surface area (Å²) in [6.45, 7) is 5.00. The predicted molar refractivity (Wildman–Crippen MR) is 111 cm³/mol. The number of halogens is 1. The summed E-state index contributed by atoms with van der Waals surface area (Å²) in [6.07, 6.45) is 5.01. The van der Waals surface area contributed by atoms with Gasteiger partial charge in [0.05, 0.1) is 22.8 Å². The Morgan fingerprint density at radius 3 is 2.52 bits per heavy atom. The Kier molecular flexibility index (Phi) is 4.13. The molecule has 2 aromatic heterocycles. The van der Waals surface area contributed by atoms with E-state index in [-0.39, 0.29) is 5.91 Å². The first kappa shape index (κ1) is 18.2. The summed E-state index contributed by atoms with van der Waals surface area (Å²) in [7, 11) is 1.85. The maximum absolute atomic E-state index is 13.4. The second-order valence-corrected chi connectivity index (χ2v) is 8.00. The monoisotopic (exact) mass is 390 g/mol. The number of anilines is 1. The summed E-state index contributed by atoms with van der Waals surface area (Å²) in [5.41, 5.74) is 4.19. The van der Waals surface area contributed by atoms with Gasteiger partial charge in [0.1, 0.15) is 0 Å². The first-order valence-corrected chi connectivity index (χ1v) is 10.1. The molecule has 1 aromatic carbocycles. The zero-order chi connectivity index (χ0) is 20.2. The zero-order valence-electron chi connectivity index (χ0n) is 16.7. The van der Waals surface area contributed by atoms with Crippen LogP contribution in [0.5, 0.6) is 0 Å². The molecule has 6 heteroatoms. The van der Waals surface area contributed by atoms with Crippen molar-refractivity contribution in [1.82, 2.24) is 14.9 Å². The highest BCUT2D eigenvalue weighted by molar-refractivity contribution is 6.12. The van der Waals surface area contributed by atoms with Gasteiger partial charge in [-0.05, 0) is 62.3 Å². The minimum absolute atomic E-state index is 0.173. The van der Waals surface area contributed by atoms with Gasteiger partial charge in [-0.3, -0.25) is 9.78 Å². The van der Waals surface area contributed by atoms with Gasteiger partial charge in [-0.1, -0.05) is 13.0 Å². The van der Waals surface area contributed by atoms with Crippen LogP contribution >= 0.6 is 0 Å². The number of fused-ring (bicyclic) bond motifs is 4. The number of aromatic nitrogens is 2. The van der Waals surface area contributed by atoms with E-state index in [2.05, 4.69) is 27.9 Å². The van der Waals surface area contributed by atoms with Crippen molar-refractivity contribution in [1.29, 1.82) is 0 Å². The predicted octanol–water partition coefficient (Wildman–Crippen LogP) is 3.77. The summed E-state index contributed by atoms with van der Waals surface area (Å²) in [5, 5.41) is 1.01. The fourth-order valence-corrected chi connectivity index (χ4v) is 4.92. The van der Waals surface area contributed by atoms with Crippen molar-refractivity contribution in [3.8, 4) is 11.1 Å². The highest BCUT2D eigenvalue weighted by Crippen LogP contribution is 2.50. The fraction of sp³-hybridized carbons (Fsp3) is 0.348. The number of pyridine rings is 2. The Hall–Kier alpha value is -2.86. The standard InChI is InChI=1S/C23H23FN4O/c1-3-28-10-8-23(9-11-28)21-17-12-15(16-5-7-20(24)26-13-16)4-6-18(17)25-14-19(21)27(2)22(23)29/h4-7,12-14H,3,8-11H2,1-2H3. The lowest BCUT2D eigenvalue weighted by Gasteiger charge is -2.38. The van der Waals surface area contributed by atoms with E-state index in [1.165, 1.54) is 6.07 Å². The molecule has 4 heterocycles. The first-order valence-electron chi connectivity index (χ1n) is 10.1. The molecule has 148 valence electrons. The van der Waals surface area contributed by atoms with Crippen molar-refractivity contribution < 1.29 is 9.18 Å². The van der Waals surface area contributed by atoms with E-state index < -0.39 is 11.4 Å². The molecule has 0 bridgehead atoms. The molecule has 2 aliphatic heterocycles. The molecule has 5 nitrogen and oxygen atoms in total. The van der Waals surface area contributed by atoms with Gasteiger partial charge in [0, 0.05) is 29.8 Å². The molecule has 0 atom stereocenters. The Bertz CT molecular complexity index is 1100. The molecule has 1 spiro atoms. The third kappa shape index (κ3) is 2.66. The van der Waals surface area contributed by atoms with Crippen LogP contribution in [0.2, 0.25) is 0 Å². The number of nitrogens with zero attached hydrogens (tertiary/aromatic N) is 4. The van der Waals surface area contributed by atoms with Gasteiger partial charge in [0.2, 0.25) is 11.9 Å². The van der Waals surface area contributed by atoms with E-state index in [4.69, 9.17) is 0 Å². The van der Waals surface area contributed by atoms with Crippen molar-refractivity contribution in [2.45, 2.75) is 25.2 Å². The van der Waals surface area contributed by atoms with Crippen LogP contribution in [-0.2, 0) is 10.2 Å². The van der Waals surface area contributed by atoms with Crippen molar-refractivity contribution in [2.24, 2.45) is 0 Å². The molecule has 5 rings (SSSR count). The van der Waals surface area contributed by atoms with E-state index in [0.29, 0.717) is 0 Å². The van der Waals surface area contributed by atoms with Crippen LogP contribution in [0.3, 0.4) is 0 Å². The highest BCUT2D eigenvalue weighted by atomic mass is 19.1. The van der Waals surface area contributed by atoms with E-state index >= 15 is 0 Å². The van der Waals surface area contributed by atoms with Crippen molar-refractivity contribution in [2.75, 3.05) is 31.6 Å². The molecule has 0 aliphatic carbocycles. The van der Waals surface area contributed by atoms with Gasteiger partial charge < -0.3 is 9.80 Å². The molecular weight excluding hydrogens is 367 g/mol. The minimum Gasteiger partial charge on any atom is -0.313 e. The average Bonchev–Trinajstić information content (AvgIpc) is 2.97. The van der Waals surface area contributed by atoms with E-state index in [0.717, 1.165) is 65.8 Å². The van der Waals surface area contributed by atoms with Crippen LogP contribution in [0.15, 0.2) is 42.7 Å². The van der Waals surface area contributed by atoms with Crippen LogP contribution in [0.4, 0.5) is 10.1 Å². The lowest BCUT2D eigenvalue weighted by Crippen LogP contribution is -2.48. The van der Waals surface area contributed by atoms with Gasteiger partial charge in [-0.25, -0.2) is 4.98 Å². The van der Waals surface area contributed by atoms with Crippen molar-refractivity contribution in [3.05, 3.63) is 54.2 Å². The number of carbonyl (C=O) groups is 1. The van der Waals surface area contributed by atoms with Crippen LogP contribution in [-0.4, -0.2) is 47.5 Å². The summed E-state index contributed by atoms with van der Waals surface area (Å²) in [5.74, 6) is -0.322. The Morgan fingerprint density at radius 2 is 1.83 bits per heavy atom. The van der Waals surface area contributed by atoms with Crippen LogP contribution in [0.1, 0.15) is 25.3 Å². The number of likely N-dealkylation sites (tertiary alicyclic amines) is 1. The molecular formula is C23H23FN4O. The third-order valence-electron chi connectivity index (χ3n) is 6.62. The summed E-state index contributed by atoms with van der Waals surface area (Å²) in [6, 6.07) is 9.13. The van der Waals surface area contributed by atoms with E-state index in [9.17, 15) is 9.18 Å². The Labute approximate surface area is 169 Å². The van der Waals surface area contributed by atoms with Crippen molar-refractivity contribution in [3.63, 3.8) is 0 Å². The smallest absolute Gasteiger partial charge is 0.237 e. The molecule has 0 saturated carbocycles. The van der Waals surface area contributed by atoms with Gasteiger partial charge in [0.15, 0.2) is 0 Å². The zero-order valence-corrected chi connectivity index (χ0v) is 16.7. The van der Waals surface area contributed by atoms with E-state index in [1.807, 2.05) is 25.4 Å². The summed E-state index contributed by atoms with van der Waals surface area (Å²) < 4.78 is 13.3. The number of hydrogen-bond acceptors (Lipinski definition) is 4. The average molecular weight is 390 g/mol. The normalized spacial score (nSPS) is 18.6. The quantitative estimate of drug-likeness (QED) is 0.625. The molecule has 1 fully saturated rings. The maximum atomic E-state index is 13.4. The number of piperidine rings is 1. The number of carbonyl (C=O) groups excluding carboxylic acids is 1. The molecule has 0 radical (unpaired) electrons. The Balaban J connectivity index is 1.70. The second-order valence-electron chi connectivity index (χ2n) is 8.00. The molecule has 0 N–H and O–H groups in total. The van der Waals surface area contributed by atoms with E-state index in [1.54, 1.807) is 17.2 Å². The molecule has 1 saturated heterocycles. The molecule has 2 aliphatic rings. The lowest BCUT2D eigenvalue weighted by atomic mass is 9.72. The largest absolute Gasteiger partial charge is 0.313 e. The number of hydrogen-bond donors (Lipinski definition) is 0. The summed E-state index contributed by atoms with van der Waals surface area (Å²) >= 11 is 0. The van der Waals surface area contributed by atoms with Gasteiger partial charge in [-0.2, -0.15) is 4.39 Å². The Morgan fingerprint density at radius 1 is 1.07 bits per heavy atom. The summed E-state index contributed by atoms with van der Waals surface area (Å²) in [4.78, 5) is 26.0. The second kappa shape index (κ2) is 6.59. The molecule has 3 aromatic rings. The van der Waals surface area contributed by atoms with Crippen LogP contribution in [0, 0.1) is 5.95 Å². The number of amides is 1.